The van der Waals surface area contributed by atoms with Gasteiger partial charge in [0.05, 0.1) is 17.7 Å². The number of ether oxygens (including phenoxy) is 1. The third-order valence-corrected chi connectivity index (χ3v) is 2.98. The SMILES string of the molecule is COC(=O)c1cc(Cl)c(F)c(-c2ccc(C(F)(F)F)nc2F)n1. The zero-order valence-corrected chi connectivity index (χ0v) is 12.0. The number of pyridine rings is 2. The van der Waals surface area contributed by atoms with Gasteiger partial charge in [0.15, 0.2) is 11.5 Å². The average molecular weight is 353 g/mol. The van der Waals surface area contributed by atoms with E-state index in [4.69, 9.17) is 11.6 Å². The number of esters is 1. The van der Waals surface area contributed by atoms with Gasteiger partial charge in [-0.1, -0.05) is 11.6 Å². The molecule has 0 aliphatic carbocycles. The van der Waals surface area contributed by atoms with Gasteiger partial charge in [-0.05, 0) is 18.2 Å². The van der Waals surface area contributed by atoms with Gasteiger partial charge >= 0.3 is 12.1 Å². The molecule has 2 rings (SSSR count). The van der Waals surface area contributed by atoms with E-state index >= 15 is 0 Å². The van der Waals surface area contributed by atoms with Gasteiger partial charge in [0.2, 0.25) is 5.95 Å². The Kier molecular flexibility index (Phi) is 4.51. The molecule has 0 aromatic carbocycles. The monoisotopic (exact) mass is 352 g/mol. The molecule has 0 aliphatic rings. The lowest BCUT2D eigenvalue weighted by Crippen LogP contribution is -2.11. The van der Waals surface area contributed by atoms with Crippen LogP contribution in [0.15, 0.2) is 18.2 Å². The quantitative estimate of drug-likeness (QED) is 0.467. The van der Waals surface area contributed by atoms with Crippen molar-refractivity contribution in [2.75, 3.05) is 7.11 Å². The van der Waals surface area contributed by atoms with Crippen LogP contribution in [0.2, 0.25) is 5.02 Å². The van der Waals surface area contributed by atoms with Gasteiger partial charge in [0.1, 0.15) is 11.4 Å². The molecular weight excluding hydrogens is 347 g/mol. The van der Waals surface area contributed by atoms with Crippen molar-refractivity contribution >= 4 is 17.6 Å². The number of rotatable bonds is 2. The summed E-state index contributed by atoms with van der Waals surface area (Å²) in [5, 5.41) is -0.574. The van der Waals surface area contributed by atoms with Crippen LogP contribution in [0.4, 0.5) is 22.0 Å². The Balaban J connectivity index is 2.62. The summed E-state index contributed by atoms with van der Waals surface area (Å²) in [5.41, 5.74) is -3.36. The van der Waals surface area contributed by atoms with Crippen LogP contribution in [0, 0.1) is 11.8 Å². The van der Waals surface area contributed by atoms with Gasteiger partial charge in [-0.25, -0.2) is 19.2 Å². The maximum atomic E-state index is 14.0. The maximum Gasteiger partial charge on any atom is 0.433 e. The van der Waals surface area contributed by atoms with Gasteiger partial charge in [-0.15, -0.1) is 0 Å². The summed E-state index contributed by atoms with van der Waals surface area (Å²) in [6, 6.07) is 1.95. The number of hydrogen-bond acceptors (Lipinski definition) is 4. The van der Waals surface area contributed by atoms with Crippen molar-refractivity contribution in [1.82, 2.24) is 9.97 Å². The van der Waals surface area contributed by atoms with Gasteiger partial charge in [-0.3, -0.25) is 0 Å². The first kappa shape index (κ1) is 17.1. The van der Waals surface area contributed by atoms with Crippen LogP contribution >= 0.6 is 11.6 Å². The van der Waals surface area contributed by atoms with Crippen molar-refractivity contribution < 1.29 is 31.5 Å². The third-order valence-electron chi connectivity index (χ3n) is 2.70. The molecule has 0 saturated heterocycles. The van der Waals surface area contributed by atoms with Gasteiger partial charge < -0.3 is 4.74 Å². The molecule has 0 saturated carbocycles. The van der Waals surface area contributed by atoms with Crippen molar-refractivity contribution in [3.05, 3.63) is 46.4 Å². The molecule has 0 N–H and O–H groups in total. The normalized spacial score (nSPS) is 11.4. The van der Waals surface area contributed by atoms with Crippen LogP contribution in [0.5, 0.6) is 0 Å². The van der Waals surface area contributed by atoms with Gasteiger partial charge in [-0.2, -0.15) is 17.6 Å². The molecule has 4 nitrogen and oxygen atoms in total. The van der Waals surface area contributed by atoms with Crippen LogP contribution in [-0.4, -0.2) is 23.0 Å². The number of halogens is 6. The van der Waals surface area contributed by atoms with E-state index < -0.39 is 51.6 Å². The highest BCUT2D eigenvalue weighted by atomic mass is 35.5. The molecule has 2 heterocycles. The van der Waals surface area contributed by atoms with Crippen LogP contribution in [0.3, 0.4) is 0 Å². The number of methoxy groups -OCH3 is 1. The lowest BCUT2D eigenvalue weighted by atomic mass is 10.1. The molecule has 0 fully saturated rings. The fourth-order valence-electron chi connectivity index (χ4n) is 1.65. The number of aromatic nitrogens is 2. The standard InChI is InChI=1S/C13H6ClF5N2O2/c1-23-12(22)7-4-6(14)9(15)10(20-7)5-2-3-8(13(17,18)19)21-11(5)16/h2-4H,1H3. The summed E-state index contributed by atoms with van der Waals surface area (Å²) in [6.45, 7) is 0. The molecule has 0 unspecified atom stereocenters. The van der Waals surface area contributed by atoms with Crippen LogP contribution in [0.25, 0.3) is 11.3 Å². The maximum absolute atomic E-state index is 14.0. The number of carbonyl (C=O) groups is 1. The van der Waals surface area contributed by atoms with E-state index in [1.54, 1.807) is 0 Å². The summed E-state index contributed by atoms with van der Waals surface area (Å²) in [4.78, 5) is 17.7. The summed E-state index contributed by atoms with van der Waals surface area (Å²) in [7, 11) is 1.03. The number of alkyl halides is 3. The summed E-state index contributed by atoms with van der Waals surface area (Å²) in [6.07, 6.45) is -4.86. The largest absolute Gasteiger partial charge is 0.464 e. The van der Waals surface area contributed by atoms with E-state index in [0.717, 1.165) is 13.2 Å². The Morgan fingerprint density at radius 3 is 2.39 bits per heavy atom. The average Bonchev–Trinajstić information content (AvgIpc) is 2.48. The van der Waals surface area contributed by atoms with Crippen molar-refractivity contribution in [2.45, 2.75) is 6.18 Å². The molecule has 2 aromatic heterocycles. The van der Waals surface area contributed by atoms with Crippen LogP contribution < -0.4 is 0 Å². The van der Waals surface area contributed by atoms with E-state index in [0.29, 0.717) is 12.1 Å². The zero-order valence-electron chi connectivity index (χ0n) is 11.2. The fourth-order valence-corrected chi connectivity index (χ4v) is 1.85. The highest BCUT2D eigenvalue weighted by Gasteiger charge is 2.33. The molecule has 0 spiro atoms. The first-order valence-electron chi connectivity index (χ1n) is 5.83. The minimum Gasteiger partial charge on any atom is -0.464 e. The molecule has 0 amide bonds. The minimum atomic E-state index is -4.86. The zero-order chi connectivity index (χ0) is 17.4. The predicted molar refractivity (Wildman–Crippen MR) is 68.7 cm³/mol. The lowest BCUT2D eigenvalue weighted by molar-refractivity contribution is -0.141. The number of nitrogens with zero attached hydrogens (tertiary/aromatic N) is 2. The topological polar surface area (TPSA) is 52.1 Å². The summed E-state index contributed by atoms with van der Waals surface area (Å²) >= 11 is 5.58. The van der Waals surface area contributed by atoms with E-state index in [9.17, 15) is 26.7 Å². The van der Waals surface area contributed by atoms with E-state index in [1.165, 1.54) is 0 Å². The van der Waals surface area contributed by atoms with Crippen molar-refractivity contribution in [2.24, 2.45) is 0 Å². The predicted octanol–water partition coefficient (Wildman–Crippen LogP) is 3.88. The minimum absolute atomic E-state index is 0.437. The molecule has 0 atom stereocenters. The Bertz CT molecular complexity index is 780. The molecule has 10 heteroatoms. The first-order valence-corrected chi connectivity index (χ1v) is 6.21. The highest BCUT2D eigenvalue weighted by Crippen LogP contribution is 2.32. The first-order chi connectivity index (χ1) is 10.6. The molecular formula is C13H6ClF5N2O2. The second-order valence-electron chi connectivity index (χ2n) is 4.18. The van der Waals surface area contributed by atoms with Crippen molar-refractivity contribution in [3.63, 3.8) is 0 Å². The Hall–Kier alpha value is -2.29. The summed E-state index contributed by atoms with van der Waals surface area (Å²) < 4.78 is 69.6. The molecule has 122 valence electrons. The Morgan fingerprint density at radius 2 is 1.87 bits per heavy atom. The molecule has 0 radical (unpaired) electrons. The fraction of sp³-hybridized carbons (Fsp3) is 0.154. The Labute approximate surface area is 130 Å². The van der Waals surface area contributed by atoms with Crippen LogP contribution in [-0.2, 0) is 10.9 Å². The Morgan fingerprint density at radius 1 is 1.22 bits per heavy atom. The van der Waals surface area contributed by atoms with E-state index in [-0.39, 0.29) is 0 Å². The second kappa shape index (κ2) is 6.07. The van der Waals surface area contributed by atoms with Crippen molar-refractivity contribution in [3.8, 4) is 11.3 Å². The number of carbonyl (C=O) groups excluding carboxylic acids is 1. The lowest BCUT2D eigenvalue weighted by Gasteiger charge is -2.10. The molecule has 0 aliphatic heterocycles. The summed E-state index contributed by atoms with van der Waals surface area (Å²) in [5.74, 6) is -3.79. The third kappa shape index (κ3) is 3.39. The van der Waals surface area contributed by atoms with Crippen LogP contribution in [0.1, 0.15) is 16.2 Å². The van der Waals surface area contributed by atoms with E-state index in [2.05, 4.69) is 14.7 Å². The molecule has 0 bridgehead atoms. The smallest absolute Gasteiger partial charge is 0.433 e. The number of hydrogen-bond donors (Lipinski definition) is 0. The van der Waals surface area contributed by atoms with Gasteiger partial charge in [0.25, 0.3) is 0 Å². The van der Waals surface area contributed by atoms with Crippen molar-refractivity contribution in [1.29, 1.82) is 0 Å². The second-order valence-corrected chi connectivity index (χ2v) is 4.58. The van der Waals surface area contributed by atoms with E-state index in [1.807, 2.05) is 0 Å². The molecule has 2 aromatic rings. The highest BCUT2D eigenvalue weighted by molar-refractivity contribution is 6.31. The van der Waals surface area contributed by atoms with Gasteiger partial charge in [0, 0.05) is 0 Å². The molecule has 23 heavy (non-hydrogen) atoms.